The molecule has 1 atom stereocenters. The summed E-state index contributed by atoms with van der Waals surface area (Å²) in [6.45, 7) is 0.363. The van der Waals surface area contributed by atoms with Crippen molar-refractivity contribution in [1.82, 2.24) is 10.4 Å². The molecule has 1 fully saturated rings. The van der Waals surface area contributed by atoms with Crippen molar-refractivity contribution < 1.29 is 43.1 Å². The Morgan fingerprint density at radius 2 is 1.00 bits per heavy atom. The van der Waals surface area contributed by atoms with Crippen LogP contribution in [0.4, 0.5) is 0 Å². The number of ether oxygens (including phenoxy) is 2. The molecular weight excluding hydrogens is 664 g/mol. The van der Waals surface area contributed by atoms with Crippen molar-refractivity contribution in [3.63, 3.8) is 0 Å². The molecule has 1 heterocycles. The van der Waals surface area contributed by atoms with Gasteiger partial charge in [0.05, 0.1) is 6.42 Å². The second-order valence-electron chi connectivity index (χ2n) is 13.4. The van der Waals surface area contributed by atoms with E-state index in [4.69, 9.17) is 14.3 Å². The van der Waals surface area contributed by atoms with Gasteiger partial charge in [-0.2, -0.15) is 0 Å². The zero-order valence-corrected chi connectivity index (χ0v) is 30.5. The number of hydrogen-bond donors (Lipinski definition) is 1. The molecule has 1 aliphatic rings. The van der Waals surface area contributed by atoms with Gasteiger partial charge in [0.2, 0.25) is 5.91 Å². The van der Waals surface area contributed by atoms with Crippen molar-refractivity contribution in [2.45, 2.75) is 148 Å². The Kier molecular flexibility index (Phi) is 20.5. The third-order valence-corrected chi connectivity index (χ3v) is 8.96. The zero-order chi connectivity index (χ0) is 37.2. The molecule has 11 heteroatoms. The third-order valence-electron chi connectivity index (χ3n) is 8.96. The van der Waals surface area contributed by atoms with Crippen LogP contribution in [0.25, 0.3) is 0 Å². The predicted molar refractivity (Wildman–Crippen MR) is 195 cm³/mol. The Morgan fingerprint density at radius 1 is 0.558 bits per heavy atom. The lowest BCUT2D eigenvalue weighted by molar-refractivity contribution is -0.197. The fraction of sp³-hybridized carbons (Fsp3) is 0.561. The number of imide groups is 1. The van der Waals surface area contributed by atoms with Crippen molar-refractivity contribution in [1.29, 1.82) is 0 Å². The molecule has 0 radical (unpaired) electrons. The van der Waals surface area contributed by atoms with E-state index in [9.17, 15) is 28.8 Å². The van der Waals surface area contributed by atoms with E-state index in [1.54, 1.807) is 0 Å². The first-order valence-electron chi connectivity index (χ1n) is 19.1. The molecule has 52 heavy (non-hydrogen) atoms. The van der Waals surface area contributed by atoms with E-state index in [0.29, 0.717) is 24.5 Å². The summed E-state index contributed by atoms with van der Waals surface area (Å²) in [5.74, 6) is -3.12. The Bertz CT molecular complexity index is 1370. The average molecular weight is 721 g/mol. The summed E-state index contributed by atoms with van der Waals surface area (Å²) in [5.41, 5.74) is 1.79. The highest BCUT2D eigenvalue weighted by Crippen LogP contribution is 2.16. The van der Waals surface area contributed by atoms with Gasteiger partial charge in [0.15, 0.2) is 0 Å². The van der Waals surface area contributed by atoms with E-state index in [1.807, 2.05) is 60.7 Å². The fourth-order valence-electron chi connectivity index (χ4n) is 5.90. The molecule has 284 valence electrons. The molecule has 2 aromatic carbocycles. The summed E-state index contributed by atoms with van der Waals surface area (Å²) < 4.78 is 10.7. The average Bonchev–Trinajstić information content (AvgIpc) is 3.47. The highest BCUT2D eigenvalue weighted by Gasteiger charge is 2.33. The number of amides is 3. The number of benzene rings is 2. The van der Waals surface area contributed by atoms with Gasteiger partial charge in [-0.1, -0.05) is 138 Å². The van der Waals surface area contributed by atoms with E-state index < -0.39 is 29.8 Å². The van der Waals surface area contributed by atoms with Gasteiger partial charge in [0.1, 0.15) is 19.3 Å². The number of esters is 2. The molecule has 11 nitrogen and oxygen atoms in total. The van der Waals surface area contributed by atoms with Crippen LogP contribution in [0.3, 0.4) is 0 Å². The van der Waals surface area contributed by atoms with Crippen molar-refractivity contribution in [3.8, 4) is 0 Å². The Morgan fingerprint density at radius 3 is 1.50 bits per heavy atom. The van der Waals surface area contributed by atoms with E-state index in [1.165, 1.54) is 44.9 Å². The molecular formula is C41H56N2O9. The zero-order valence-electron chi connectivity index (χ0n) is 30.5. The minimum Gasteiger partial charge on any atom is -0.461 e. The number of carbonyl (C=O) groups excluding carboxylic acids is 6. The Balaban J connectivity index is 1.18. The minimum atomic E-state index is -1.07. The van der Waals surface area contributed by atoms with Gasteiger partial charge >= 0.3 is 17.9 Å². The molecule has 0 aliphatic carbocycles. The number of rotatable bonds is 27. The van der Waals surface area contributed by atoms with E-state index in [0.717, 1.165) is 49.7 Å². The molecule has 1 N–H and O–H groups in total. The van der Waals surface area contributed by atoms with E-state index >= 15 is 0 Å². The van der Waals surface area contributed by atoms with E-state index in [-0.39, 0.29) is 50.6 Å². The molecule has 0 saturated carbocycles. The molecule has 0 bridgehead atoms. The molecule has 0 spiro atoms. The number of nitrogens with one attached hydrogen (secondary N) is 1. The number of unbranched alkanes of at least 4 members (excludes halogenated alkanes) is 13. The highest BCUT2D eigenvalue weighted by atomic mass is 16.7. The molecule has 3 rings (SSSR count). The van der Waals surface area contributed by atoms with Crippen LogP contribution in [-0.2, 0) is 56.3 Å². The predicted octanol–water partition coefficient (Wildman–Crippen LogP) is 7.59. The topological polar surface area (TPSA) is 145 Å². The Labute approximate surface area is 308 Å². The molecule has 1 saturated heterocycles. The molecule has 0 unspecified atom stereocenters. The van der Waals surface area contributed by atoms with Gasteiger partial charge in [0.25, 0.3) is 11.8 Å². The number of nitrogens with zero attached hydrogens (tertiary/aromatic N) is 1. The molecule has 3 amide bonds. The third kappa shape index (κ3) is 18.1. The standard InChI is InChI=1S/C41H56N2O9/c44-36(42-35(41(49)51-32-34-23-17-14-18-24-34)27-30-40(48)52-43-37(45)28-29-38(43)46)25-19-11-9-7-5-3-1-2-4-6-8-10-12-20-26-39(47)50-31-33-21-15-13-16-22-33/h13-18,21-24,35H,1-12,19-20,25-32H2,(H,42,44)/t35-/m0/s1. The van der Waals surface area contributed by atoms with Crippen LogP contribution in [0.2, 0.25) is 0 Å². The maximum absolute atomic E-state index is 12.9. The quantitative estimate of drug-likeness (QED) is 0.0561. The Hall–Kier alpha value is -4.54. The summed E-state index contributed by atoms with van der Waals surface area (Å²) in [6, 6.07) is 17.8. The number of hydrogen-bond acceptors (Lipinski definition) is 9. The van der Waals surface area contributed by atoms with E-state index in [2.05, 4.69) is 5.32 Å². The lowest BCUT2D eigenvalue weighted by Gasteiger charge is -2.18. The molecule has 2 aromatic rings. The fourth-order valence-corrected chi connectivity index (χ4v) is 5.90. The van der Waals surface area contributed by atoms with Gasteiger partial charge in [-0.3, -0.25) is 19.2 Å². The van der Waals surface area contributed by atoms with Crippen molar-refractivity contribution in [2.24, 2.45) is 0 Å². The van der Waals surface area contributed by atoms with Crippen molar-refractivity contribution in [2.75, 3.05) is 0 Å². The van der Waals surface area contributed by atoms with Crippen LogP contribution in [-0.4, -0.2) is 46.7 Å². The van der Waals surface area contributed by atoms with Gasteiger partial charge in [0, 0.05) is 25.7 Å². The minimum absolute atomic E-state index is 0.0158. The van der Waals surface area contributed by atoms with Crippen molar-refractivity contribution in [3.05, 3.63) is 71.8 Å². The highest BCUT2D eigenvalue weighted by molar-refractivity contribution is 6.01. The van der Waals surface area contributed by atoms with Gasteiger partial charge in [-0.25, -0.2) is 9.59 Å². The van der Waals surface area contributed by atoms with Gasteiger partial charge < -0.3 is 19.6 Å². The van der Waals surface area contributed by atoms with Gasteiger partial charge in [-0.05, 0) is 30.4 Å². The second kappa shape index (κ2) is 25.4. The summed E-state index contributed by atoms with van der Waals surface area (Å²) in [7, 11) is 0. The maximum Gasteiger partial charge on any atom is 0.333 e. The SMILES string of the molecule is O=C(CCCCCCCCCCCCCCCCC(=O)OCc1ccccc1)N[C@@H](CCC(=O)ON1C(=O)CCC1=O)C(=O)OCc1ccccc1. The first kappa shape index (κ1) is 41.9. The first-order valence-corrected chi connectivity index (χ1v) is 19.1. The smallest absolute Gasteiger partial charge is 0.333 e. The number of carbonyl (C=O) groups is 6. The van der Waals surface area contributed by atoms with Gasteiger partial charge in [-0.15, -0.1) is 5.06 Å². The number of hydroxylamine groups is 2. The molecule has 1 aliphatic heterocycles. The summed E-state index contributed by atoms with van der Waals surface area (Å²) in [4.78, 5) is 78.2. The van der Waals surface area contributed by atoms with Crippen LogP contribution >= 0.6 is 0 Å². The normalized spacial score (nSPS) is 13.1. The van der Waals surface area contributed by atoms with Crippen LogP contribution in [0, 0.1) is 0 Å². The lowest BCUT2D eigenvalue weighted by Crippen LogP contribution is -2.42. The molecule has 0 aromatic heterocycles. The van der Waals surface area contributed by atoms with Crippen molar-refractivity contribution >= 4 is 35.6 Å². The monoisotopic (exact) mass is 720 g/mol. The first-order chi connectivity index (χ1) is 25.3. The van der Waals surface area contributed by atoms with Crippen LogP contribution in [0.15, 0.2) is 60.7 Å². The summed E-state index contributed by atoms with van der Waals surface area (Å²) >= 11 is 0. The summed E-state index contributed by atoms with van der Waals surface area (Å²) in [5, 5.41) is 3.16. The van der Waals surface area contributed by atoms with Crippen LogP contribution in [0.1, 0.15) is 140 Å². The lowest BCUT2D eigenvalue weighted by atomic mass is 10.0. The van der Waals surface area contributed by atoms with Crippen LogP contribution < -0.4 is 5.32 Å². The maximum atomic E-state index is 12.9. The largest absolute Gasteiger partial charge is 0.461 e. The second-order valence-corrected chi connectivity index (χ2v) is 13.4. The van der Waals surface area contributed by atoms with Crippen LogP contribution in [0.5, 0.6) is 0 Å². The summed E-state index contributed by atoms with van der Waals surface area (Å²) in [6.07, 6.45) is 15.7.